The topological polar surface area (TPSA) is 24.8 Å². The van der Waals surface area contributed by atoms with Crippen LogP contribution >= 0.6 is 11.6 Å². The summed E-state index contributed by atoms with van der Waals surface area (Å²) in [5.74, 6) is 0. The number of hydrogen-bond donors (Lipinski definition) is 0. The van der Waals surface area contributed by atoms with Crippen LogP contribution in [0.3, 0.4) is 0 Å². The number of allylic oxidation sites excluding steroid dienone is 1. The minimum absolute atomic E-state index is 0.0150. The minimum atomic E-state index is 0.0150. The molecule has 1 aromatic carbocycles. The molecule has 1 aromatic rings. The molecule has 2 rings (SSSR count). The lowest BCUT2D eigenvalue weighted by molar-refractivity contribution is -0.0887. The summed E-state index contributed by atoms with van der Waals surface area (Å²) in [6.07, 6.45) is 7.58. The average molecular weight is 377 g/mol. The lowest BCUT2D eigenvalue weighted by Crippen LogP contribution is -2.45. The summed E-state index contributed by atoms with van der Waals surface area (Å²) >= 11 is 6.00. The zero-order chi connectivity index (χ0) is 19.1. The molecule has 3 nitrogen and oxygen atoms in total. The molecule has 1 atom stereocenters. The van der Waals surface area contributed by atoms with Gasteiger partial charge in [-0.3, -0.25) is 4.90 Å². The predicted octanol–water partition coefficient (Wildman–Crippen LogP) is 6.52. The first-order valence-corrected chi connectivity index (χ1v) is 10.3. The molecule has 1 fully saturated rings. The summed E-state index contributed by atoms with van der Waals surface area (Å²) in [5.41, 5.74) is 3.54. The van der Waals surface area contributed by atoms with Crippen LogP contribution in [0.25, 0.3) is 6.08 Å². The van der Waals surface area contributed by atoms with E-state index >= 15 is 0 Å². The van der Waals surface area contributed by atoms with E-state index in [4.69, 9.17) is 16.4 Å². The summed E-state index contributed by atoms with van der Waals surface area (Å²) in [6, 6.07) is 8.82. The van der Waals surface area contributed by atoms with Crippen molar-refractivity contribution in [3.8, 4) is 0 Å². The van der Waals surface area contributed by atoms with Gasteiger partial charge in [-0.1, -0.05) is 35.8 Å². The summed E-state index contributed by atoms with van der Waals surface area (Å²) < 4.78 is 0. The van der Waals surface area contributed by atoms with Crippen LogP contribution in [0.2, 0.25) is 5.02 Å². The van der Waals surface area contributed by atoms with Gasteiger partial charge in [0.15, 0.2) is 6.23 Å². The number of halogens is 1. The van der Waals surface area contributed by atoms with Crippen molar-refractivity contribution < 1.29 is 4.84 Å². The van der Waals surface area contributed by atoms with Crippen LogP contribution in [0.1, 0.15) is 72.3 Å². The fourth-order valence-electron chi connectivity index (χ4n) is 3.66. The molecule has 0 bridgehead atoms. The van der Waals surface area contributed by atoms with Gasteiger partial charge in [0.1, 0.15) is 0 Å². The number of hydrogen-bond acceptors (Lipinski definition) is 3. The van der Waals surface area contributed by atoms with Gasteiger partial charge < -0.3 is 4.84 Å². The third kappa shape index (κ3) is 5.85. The molecule has 0 amide bonds. The molecule has 1 saturated carbocycles. The predicted molar refractivity (Wildman–Crippen MR) is 113 cm³/mol. The Hall–Kier alpha value is -1.32. The van der Waals surface area contributed by atoms with Crippen LogP contribution in [0.4, 0.5) is 0 Å². The van der Waals surface area contributed by atoms with E-state index in [0.717, 1.165) is 35.6 Å². The van der Waals surface area contributed by atoms with Crippen molar-refractivity contribution in [1.82, 2.24) is 4.90 Å². The van der Waals surface area contributed by atoms with Crippen LogP contribution in [0.15, 0.2) is 35.0 Å². The summed E-state index contributed by atoms with van der Waals surface area (Å²) in [6.45, 7) is 11.0. The number of benzene rings is 1. The summed E-state index contributed by atoms with van der Waals surface area (Å²) in [7, 11) is 0. The molecule has 4 heteroatoms. The van der Waals surface area contributed by atoms with Gasteiger partial charge in [0.05, 0.1) is 5.71 Å². The van der Waals surface area contributed by atoms with Crippen LogP contribution in [-0.4, -0.2) is 28.9 Å². The minimum Gasteiger partial charge on any atom is -0.376 e. The van der Waals surface area contributed by atoms with Crippen molar-refractivity contribution in [1.29, 1.82) is 0 Å². The molecular formula is C22H33ClN2O. The van der Waals surface area contributed by atoms with Gasteiger partial charge in [0.2, 0.25) is 0 Å². The van der Waals surface area contributed by atoms with E-state index in [1.807, 2.05) is 12.1 Å². The van der Waals surface area contributed by atoms with Gasteiger partial charge in [-0.2, -0.15) is 0 Å². The molecule has 1 aliphatic carbocycles. The SMILES string of the molecule is CCC(O/N=C1\CCCC\C1=C/c1ccc(Cl)cc1)N(C(C)C)C(C)C. The van der Waals surface area contributed by atoms with Crippen molar-refractivity contribution in [2.24, 2.45) is 5.16 Å². The molecule has 1 aliphatic rings. The van der Waals surface area contributed by atoms with E-state index in [1.54, 1.807) is 0 Å². The highest BCUT2D eigenvalue weighted by Gasteiger charge is 2.24. The van der Waals surface area contributed by atoms with Crippen molar-refractivity contribution in [3.63, 3.8) is 0 Å². The molecule has 0 spiro atoms. The number of rotatable bonds is 7. The molecule has 0 aliphatic heterocycles. The van der Waals surface area contributed by atoms with Gasteiger partial charge in [0.25, 0.3) is 0 Å². The first-order valence-electron chi connectivity index (χ1n) is 9.89. The van der Waals surface area contributed by atoms with Crippen molar-refractivity contribution in [3.05, 3.63) is 40.4 Å². The maximum absolute atomic E-state index is 6.05. The van der Waals surface area contributed by atoms with Crippen LogP contribution in [-0.2, 0) is 4.84 Å². The standard InChI is InChI=1S/C22H33ClN2O/c1-6-22(25(16(2)3)17(4)5)26-24-21-10-8-7-9-19(21)15-18-11-13-20(23)14-12-18/h11-17,22H,6-10H2,1-5H3/b19-15+,24-21+. The summed E-state index contributed by atoms with van der Waals surface area (Å²) in [5, 5.41) is 5.38. The smallest absolute Gasteiger partial charge is 0.181 e. The molecule has 0 heterocycles. The van der Waals surface area contributed by atoms with E-state index in [1.165, 1.54) is 18.4 Å². The van der Waals surface area contributed by atoms with E-state index in [9.17, 15) is 0 Å². The van der Waals surface area contributed by atoms with Crippen LogP contribution in [0.5, 0.6) is 0 Å². The first-order chi connectivity index (χ1) is 12.4. The highest BCUT2D eigenvalue weighted by atomic mass is 35.5. The third-order valence-electron chi connectivity index (χ3n) is 4.85. The molecule has 1 unspecified atom stereocenters. The lowest BCUT2D eigenvalue weighted by Gasteiger charge is -2.36. The van der Waals surface area contributed by atoms with E-state index in [0.29, 0.717) is 12.1 Å². The van der Waals surface area contributed by atoms with Crippen molar-refractivity contribution >= 4 is 23.4 Å². The van der Waals surface area contributed by atoms with Crippen molar-refractivity contribution in [2.75, 3.05) is 0 Å². The zero-order valence-electron chi connectivity index (χ0n) is 16.8. The Morgan fingerprint density at radius 2 is 1.69 bits per heavy atom. The Bertz CT molecular complexity index is 612. The lowest BCUT2D eigenvalue weighted by atomic mass is 9.91. The Kier molecular flexibility index (Phi) is 8.17. The Balaban J connectivity index is 2.18. The number of nitrogens with zero attached hydrogens (tertiary/aromatic N) is 2. The average Bonchev–Trinajstić information content (AvgIpc) is 2.60. The second-order valence-corrected chi connectivity index (χ2v) is 8.01. The second kappa shape index (κ2) is 10.1. The Morgan fingerprint density at radius 1 is 1.08 bits per heavy atom. The van der Waals surface area contributed by atoms with Crippen LogP contribution in [0, 0.1) is 0 Å². The van der Waals surface area contributed by atoms with E-state index < -0.39 is 0 Å². The maximum Gasteiger partial charge on any atom is 0.181 e. The van der Waals surface area contributed by atoms with Crippen molar-refractivity contribution in [2.45, 2.75) is 85.0 Å². The fourth-order valence-corrected chi connectivity index (χ4v) is 3.78. The molecule has 0 radical (unpaired) electrons. The highest BCUT2D eigenvalue weighted by molar-refractivity contribution is 6.30. The van der Waals surface area contributed by atoms with Gasteiger partial charge in [0, 0.05) is 17.1 Å². The molecule has 0 saturated heterocycles. The Labute approximate surface area is 164 Å². The first kappa shape index (κ1) is 21.0. The molecular weight excluding hydrogens is 344 g/mol. The number of oxime groups is 1. The quantitative estimate of drug-likeness (QED) is 0.399. The highest BCUT2D eigenvalue weighted by Crippen LogP contribution is 2.25. The summed E-state index contributed by atoms with van der Waals surface area (Å²) in [4.78, 5) is 8.44. The van der Waals surface area contributed by atoms with Gasteiger partial charge in [-0.15, -0.1) is 0 Å². The fraction of sp³-hybridized carbons (Fsp3) is 0.591. The monoisotopic (exact) mass is 376 g/mol. The second-order valence-electron chi connectivity index (χ2n) is 7.57. The normalized spacial score (nSPS) is 19.7. The maximum atomic E-state index is 6.05. The van der Waals surface area contributed by atoms with E-state index in [-0.39, 0.29) is 6.23 Å². The Morgan fingerprint density at radius 3 is 2.27 bits per heavy atom. The van der Waals surface area contributed by atoms with Gasteiger partial charge in [-0.05, 0) is 89.1 Å². The van der Waals surface area contributed by atoms with Gasteiger partial charge >= 0.3 is 0 Å². The molecule has 0 N–H and O–H groups in total. The molecule has 26 heavy (non-hydrogen) atoms. The zero-order valence-corrected chi connectivity index (χ0v) is 17.6. The van der Waals surface area contributed by atoms with Gasteiger partial charge in [-0.25, -0.2) is 0 Å². The largest absolute Gasteiger partial charge is 0.376 e. The van der Waals surface area contributed by atoms with E-state index in [2.05, 4.69) is 62.9 Å². The molecule has 144 valence electrons. The third-order valence-corrected chi connectivity index (χ3v) is 5.10. The molecule has 0 aromatic heterocycles. The van der Waals surface area contributed by atoms with Crippen LogP contribution < -0.4 is 0 Å².